The van der Waals surface area contributed by atoms with Crippen molar-refractivity contribution in [2.75, 3.05) is 19.7 Å². The van der Waals surface area contributed by atoms with Crippen LogP contribution < -0.4 is 5.32 Å². The number of aryl methyl sites for hydroxylation is 2. The maximum absolute atomic E-state index is 5.69. The molecule has 2 heterocycles. The average Bonchev–Trinajstić information content (AvgIpc) is 2.91. The molecule has 1 aliphatic heterocycles. The highest BCUT2D eigenvalue weighted by molar-refractivity contribution is 5.28. The third-order valence-corrected chi connectivity index (χ3v) is 4.18. The van der Waals surface area contributed by atoms with Gasteiger partial charge in [-0.1, -0.05) is 13.8 Å². The van der Waals surface area contributed by atoms with Crippen LogP contribution in [0.5, 0.6) is 0 Å². The lowest BCUT2D eigenvalue weighted by molar-refractivity contribution is 0.110. The summed E-state index contributed by atoms with van der Waals surface area (Å²) in [7, 11) is 0. The second kappa shape index (κ2) is 7.85. The van der Waals surface area contributed by atoms with Gasteiger partial charge in [-0.2, -0.15) is 0 Å². The van der Waals surface area contributed by atoms with Crippen LogP contribution in [0.2, 0.25) is 0 Å². The Morgan fingerprint density at radius 3 is 2.57 bits per heavy atom. The van der Waals surface area contributed by atoms with E-state index in [1.54, 1.807) is 0 Å². The van der Waals surface area contributed by atoms with Crippen molar-refractivity contribution in [2.45, 2.75) is 65.4 Å². The van der Waals surface area contributed by atoms with Crippen LogP contribution in [0, 0.1) is 13.8 Å². The maximum Gasteiger partial charge on any atom is 0.131 e. The highest BCUT2D eigenvalue weighted by Gasteiger charge is 2.20. The number of rotatable bonds is 7. The summed E-state index contributed by atoms with van der Waals surface area (Å²) in [5, 5.41) is 3.49. The highest BCUT2D eigenvalue weighted by Crippen LogP contribution is 2.22. The van der Waals surface area contributed by atoms with E-state index in [1.807, 2.05) is 0 Å². The standard InChI is InChI=1S/C17H29N3O/c1-5-8-18-11-12(2)17-13(3)19-16(20-14(17)4)10-15-7-6-9-21-15/h12,15,18H,5-11H2,1-4H3. The molecule has 0 amide bonds. The summed E-state index contributed by atoms with van der Waals surface area (Å²) in [6.07, 6.45) is 4.64. The third kappa shape index (κ3) is 4.48. The molecule has 0 bridgehead atoms. The molecule has 0 aromatic carbocycles. The Hall–Kier alpha value is -1.00. The van der Waals surface area contributed by atoms with Gasteiger partial charge < -0.3 is 10.1 Å². The van der Waals surface area contributed by atoms with E-state index in [9.17, 15) is 0 Å². The van der Waals surface area contributed by atoms with Crippen molar-refractivity contribution in [1.29, 1.82) is 0 Å². The number of aromatic nitrogens is 2. The van der Waals surface area contributed by atoms with Crippen molar-refractivity contribution in [3.05, 3.63) is 22.8 Å². The van der Waals surface area contributed by atoms with Gasteiger partial charge in [0.15, 0.2) is 0 Å². The van der Waals surface area contributed by atoms with Crippen molar-refractivity contribution in [3.63, 3.8) is 0 Å². The number of nitrogens with one attached hydrogen (secondary N) is 1. The van der Waals surface area contributed by atoms with E-state index in [0.717, 1.165) is 49.8 Å². The van der Waals surface area contributed by atoms with Gasteiger partial charge in [0.2, 0.25) is 0 Å². The molecule has 1 saturated heterocycles. The molecule has 0 aliphatic carbocycles. The van der Waals surface area contributed by atoms with Gasteiger partial charge in [-0.15, -0.1) is 0 Å². The maximum atomic E-state index is 5.69. The molecule has 4 nitrogen and oxygen atoms in total. The lowest BCUT2D eigenvalue weighted by Crippen LogP contribution is -2.23. The fourth-order valence-electron chi connectivity index (χ4n) is 3.21. The summed E-state index contributed by atoms with van der Waals surface area (Å²) < 4.78 is 5.69. The molecule has 1 N–H and O–H groups in total. The van der Waals surface area contributed by atoms with Gasteiger partial charge in [-0.3, -0.25) is 0 Å². The number of nitrogens with zero attached hydrogens (tertiary/aromatic N) is 2. The molecule has 2 rings (SSSR count). The van der Waals surface area contributed by atoms with Crippen LogP contribution in [-0.2, 0) is 11.2 Å². The Morgan fingerprint density at radius 2 is 2.00 bits per heavy atom. The van der Waals surface area contributed by atoms with E-state index in [-0.39, 0.29) is 0 Å². The molecule has 21 heavy (non-hydrogen) atoms. The lowest BCUT2D eigenvalue weighted by Gasteiger charge is -2.18. The summed E-state index contributed by atoms with van der Waals surface area (Å²) >= 11 is 0. The van der Waals surface area contributed by atoms with Crippen LogP contribution in [0.15, 0.2) is 0 Å². The van der Waals surface area contributed by atoms with E-state index in [0.29, 0.717) is 12.0 Å². The number of hydrogen-bond donors (Lipinski definition) is 1. The summed E-state index contributed by atoms with van der Waals surface area (Å²) in [4.78, 5) is 9.46. The van der Waals surface area contributed by atoms with E-state index < -0.39 is 0 Å². The first-order chi connectivity index (χ1) is 10.1. The molecule has 1 aromatic rings. The molecule has 2 unspecified atom stereocenters. The summed E-state index contributed by atoms with van der Waals surface area (Å²) in [5.74, 6) is 1.39. The first-order valence-electron chi connectivity index (χ1n) is 8.28. The predicted octanol–water partition coefficient (Wildman–Crippen LogP) is 2.92. The van der Waals surface area contributed by atoms with Crippen LogP contribution in [0.3, 0.4) is 0 Å². The van der Waals surface area contributed by atoms with Gasteiger partial charge in [0.25, 0.3) is 0 Å². The Bertz CT molecular complexity index is 432. The smallest absolute Gasteiger partial charge is 0.131 e. The van der Waals surface area contributed by atoms with Gasteiger partial charge in [-0.05, 0) is 51.1 Å². The molecule has 0 spiro atoms. The zero-order valence-electron chi connectivity index (χ0n) is 13.9. The molecule has 1 fully saturated rings. The minimum absolute atomic E-state index is 0.318. The Kier molecular flexibility index (Phi) is 6.12. The number of hydrogen-bond acceptors (Lipinski definition) is 4. The van der Waals surface area contributed by atoms with Crippen LogP contribution >= 0.6 is 0 Å². The topological polar surface area (TPSA) is 47.0 Å². The molecular weight excluding hydrogens is 262 g/mol. The van der Waals surface area contributed by atoms with Crippen LogP contribution in [0.4, 0.5) is 0 Å². The highest BCUT2D eigenvalue weighted by atomic mass is 16.5. The molecule has 4 heteroatoms. The zero-order valence-corrected chi connectivity index (χ0v) is 13.9. The van der Waals surface area contributed by atoms with E-state index in [4.69, 9.17) is 14.7 Å². The molecule has 2 atom stereocenters. The second-order valence-electron chi connectivity index (χ2n) is 6.17. The van der Waals surface area contributed by atoms with Gasteiger partial charge in [-0.25, -0.2) is 9.97 Å². The Morgan fingerprint density at radius 1 is 1.29 bits per heavy atom. The number of ether oxygens (including phenoxy) is 1. The SMILES string of the molecule is CCCNCC(C)c1c(C)nc(CC2CCCO2)nc1C. The first kappa shape index (κ1) is 16.4. The minimum Gasteiger partial charge on any atom is -0.378 e. The second-order valence-corrected chi connectivity index (χ2v) is 6.17. The predicted molar refractivity (Wildman–Crippen MR) is 85.8 cm³/mol. The molecule has 0 saturated carbocycles. The van der Waals surface area contributed by atoms with Gasteiger partial charge in [0.05, 0.1) is 6.10 Å². The Balaban J connectivity index is 2.05. The fourth-order valence-corrected chi connectivity index (χ4v) is 3.21. The average molecular weight is 291 g/mol. The van der Waals surface area contributed by atoms with Crippen molar-refractivity contribution >= 4 is 0 Å². The minimum atomic E-state index is 0.318. The monoisotopic (exact) mass is 291 g/mol. The van der Waals surface area contributed by atoms with E-state index in [1.165, 1.54) is 18.4 Å². The summed E-state index contributed by atoms with van der Waals surface area (Å²) in [6, 6.07) is 0. The van der Waals surface area contributed by atoms with Crippen LogP contribution in [0.25, 0.3) is 0 Å². The van der Waals surface area contributed by atoms with Crippen molar-refractivity contribution in [2.24, 2.45) is 0 Å². The molecule has 1 aromatic heterocycles. The van der Waals surface area contributed by atoms with E-state index in [2.05, 4.69) is 33.0 Å². The Labute approximate surface area is 128 Å². The van der Waals surface area contributed by atoms with Crippen molar-refractivity contribution < 1.29 is 4.74 Å². The molecular formula is C17H29N3O. The fraction of sp³-hybridized carbons (Fsp3) is 0.765. The lowest BCUT2D eigenvalue weighted by atomic mass is 9.97. The van der Waals surface area contributed by atoms with Crippen LogP contribution in [0.1, 0.15) is 61.8 Å². The normalized spacial score (nSPS) is 19.9. The van der Waals surface area contributed by atoms with Crippen molar-refractivity contribution in [3.8, 4) is 0 Å². The molecule has 118 valence electrons. The molecule has 0 radical (unpaired) electrons. The van der Waals surface area contributed by atoms with Gasteiger partial charge in [0.1, 0.15) is 5.82 Å². The quantitative estimate of drug-likeness (QED) is 0.785. The summed E-state index contributed by atoms with van der Waals surface area (Å²) in [6.45, 7) is 11.6. The molecule has 1 aliphatic rings. The van der Waals surface area contributed by atoms with Gasteiger partial charge in [0, 0.05) is 31.0 Å². The third-order valence-electron chi connectivity index (χ3n) is 4.18. The summed E-state index contributed by atoms with van der Waals surface area (Å²) in [5.41, 5.74) is 3.55. The largest absolute Gasteiger partial charge is 0.378 e. The van der Waals surface area contributed by atoms with Crippen LogP contribution in [-0.4, -0.2) is 35.8 Å². The van der Waals surface area contributed by atoms with E-state index >= 15 is 0 Å². The zero-order chi connectivity index (χ0) is 15.2. The first-order valence-corrected chi connectivity index (χ1v) is 8.28. The van der Waals surface area contributed by atoms with Crippen molar-refractivity contribution in [1.82, 2.24) is 15.3 Å². The van der Waals surface area contributed by atoms with Gasteiger partial charge >= 0.3 is 0 Å².